The summed E-state index contributed by atoms with van der Waals surface area (Å²) in [5.41, 5.74) is 1.05. The van der Waals surface area contributed by atoms with Crippen LogP contribution < -0.4 is 0 Å². The molecule has 23 heavy (non-hydrogen) atoms. The smallest absolute Gasteiger partial charge is 0.178 e. The van der Waals surface area contributed by atoms with Crippen LogP contribution in [0.4, 0.5) is 0 Å². The molecule has 1 N–H and O–H groups in total. The van der Waals surface area contributed by atoms with Crippen molar-refractivity contribution in [3.8, 4) is 0 Å². The quantitative estimate of drug-likeness (QED) is 0.551. The lowest BCUT2D eigenvalue weighted by molar-refractivity contribution is -0.130. The number of allylic oxidation sites excluding steroid dienone is 4. The van der Waals surface area contributed by atoms with Gasteiger partial charge in [-0.2, -0.15) is 0 Å². The third-order valence-electron chi connectivity index (χ3n) is 7.24. The summed E-state index contributed by atoms with van der Waals surface area (Å²) in [6.07, 6.45) is 9.54. The standard InChI is InChI=1S/C19H23NO3/c1-18-7-5-11(21)9-15(18)16(20-23)10-12-13-3-4-17(22)19(13,2)8-6-14(12)18/h5,7,9,12-14,23H,3-4,6,8,10H2,1-2H3/b20-16-/t12?,13?,14?,18-,19+/m1/s1. The number of oxime groups is 1. The van der Waals surface area contributed by atoms with Gasteiger partial charge in [-0.1, -0.05) is 25.1 Å². The van der Waals surface area contributed by atoms with E-state index < -0.39 is 0 Å². The Balaban J connectivity index is 1.80. The molecular weight excluding hydrogens is 290 g/mol. The third-order valence-corrected chi connectivity index (χ3v) is 7.24. The molecule has 4 aliphatic carbocycles. The van der Waals surface area contributed by atoms with Crippen LogP contribution in [0.1, 0.15) is 46.0 Å². The van der Waals surface area contributed by atoms with Crippen LogP contribution in [0, 0.1) is 28.6 Å². The number of Topliss-reactive ketones (excluding diaryl/α,β-unsaturated/α-hetero) is 1. The van der Waals surface area contributed by atoms with Crippen molar-refractivity contribution in [2.24, 2.45) is 33.7 Å². The van der Waals surface area contributed by atoms with Crippen molar-refractivity contribution in [3.05, 3.63) is 23.8 Å². The lowest BCUT2D eigenvalue weighted by Crippen LogP contribution is -2.52. The molecule has 0 saturated heterocycles. The molecule has 5 atom stereocenters. The van der Waals surface area contributed by atoms with Gasteiger partial charge in [0.2, 0.25) is 0 Å². The molecule has 3 fully saturated rings. The van der Waals surface area contributed by atoms with Gasteiger partial charge in [0.15, 0.2) is 5.78 Å². The van der Waals surface area contributed by atoms with E-state index >= 15 is 0 Å². The summed E-state index contributed by atoms with van der Waals surface area (Å²) in [7, 11) is 0. The van der Waals surface area contributed by atoms with E-state index in [-0.39, 0.29) is 16.6 Å². The number of nitrogens with zero attached hydrogens (tertiary/aromatic N) is 1. The minimum atomic E-state index is -0.259. The summed E-state index contributed by atoms with van der Waals surface area (Å²) >= 11 is 0. The highest BCUT2D eigenvalue weighted by Gasteiger charge is 2.59. The Morgan fingerprint density at radius 3 is 2.74 bits per heavy atom. The van der Waals surface area contributed by atoms with Gasteiger partial charge in [0.1, 0.15) is 5.78 Å². The van der Waals surface area contributed by atoms with E-state index in [0.29, 0.717) is 42.1 Å². The van der Waals surface area contributed by atoms with Crippen molar-refractivity contribution in [2.75, 3.05) is 0 Å². The van der Waals surface area contributed by atoms with Gasteiger partial charge in [0, 0.05) is 17.3 Å². The van der Waals surface area contributed by atoms with Gasteiger partial charge in [0.25, 0.3) is 0 Å². The Labute approximate surface area is 136 Å². The van der Waals surface area contributed by atoms with Crippen molar-refractivity contribution in [3.63, 3.8) is 0 Å². The van der Waals surface area contributed by atoms with E-state index in [4.69, 9.17) is 0 Å². The number of ketones is 2. The first-order valence-electron chi connectivity index (χ1n) is 8.60. The molecule has 4 heteroatoms. The first-order chi connectivity index (χ1) is 10.9. The molecule has 3 saturated carbocycles. The lowest BCUT2D eigenvalue weighted by atomic mass is 9.48. The van der Waals surface area contributed by atoms with Gasteiger partial charge in [-0.15, -0.1) is 0 Å². The Bertz CT molecular complexity index is 689. The van der Waals surface area contributed by atoms with E-state index in [1.165, 1.54) is 0 Å². The van der Waals surface area contributed by atoms with Crippen molar-refractivity contribution in [1.29, 1.82) is 0 Å². The minimum absolute atomic E-state index is 0.0335. The van der Waals surface area contributed by atoms with Crippen LogP contribution in [-0.4, -0.2) is 22.5 Å². The predicted molar refractivity (Wildman–Crippen MR) is 86.2 cm³/mol. The second-order valence-corrected chi connectivity index (χ2v) is 8.12. The highest BCUT2D eigenvalue weighted by molar-refractivity contribution is 6.12. The Morgan fingerprint density at radius 2 is 2.00 bits per heavy atom. The molecule has 0 heterocycles. The summed E-state index contributed by atoms with van der Waals surface area (Å²) < 4.78 is 0. The Morgan fingerprint density at radius 1 is 1.22 bits per heavy atom. The SMILES string of the molecule is C[C@]12C=CC(=O)C=C1/C(=N\O)CC1C2CC[C@]2(C)C(=O)CCC12. The average Bonchev–Trinajstić information content (AvgIpc) is 2.83. The van der Waals surface area contributed by atoms with Crippen LogP contribution in [0.25, 0.3) is 0 Å². The molecule has 0 bridgehead atoms. The van der Waals surface area contributed by atoms with Crippen molar-refractivity contribution >= 4 is 17.3 Å². The molecule has 0 amide bonds. The van der Waals surface area contributed by atoms with Gasteiger partial charge in [-0.3, -0.25) is 9.59 Å². The maximum absolute atomic E-state index is 12.4. The molecule has 0 aromatic rings. The molecule has 0 aliphatic heterocycles. The van der Waals surface area contributed by atoms with Crippen molar-refractivity contribution in [2.45, 2.75) is 46.0 Å². The molecule has 122 valence electrons. The molecule has 0 aromatic carbocycles. The maximum Gasteiger partial charge on any atom is 0.178 e. The van der Waals surface area contributed by atoms with Gasteiger partial charge < -0.3 is 5.21 Å². The summed E-state index contributed by atoms with van der Waals surface area (Å²) in [5, 5.41) is 13.1. The maximum atomic E-state index is 12.4. The molecule has 0 radical (unpaired) electrons. The minimum Gasteiger partial charge on any atom is -0.411 e. The molecule has 4 aliphatic rings. The van der Waals surface area contributed by atoms with Crippen LogP contribution in [0.5, 0.6) is 0 Å². The first kappa shape index (κ1) is 14.9. The van der Waals surface area contributed by atoms with Crippen molar-refractivity contribution < 1.29 is 14.8 Å². The molecule has 4 nitrogen and oxygen atoms in total. The summed E-state index contributed by atoms with van der Waals surface area (Å²) in [6, 6.07) is 0. The van der Waals surface area contributed by atoms with Gasteiger partial charge >= 0.3 is 0 Å². The zero-order valence-electron chi connectivity index (χ0n) is 13.7. The highest BCUT2D eigenvalue weighted by atomic mass is 16.4. The van der Waals surface area contributed by atoms with Crippen LogP contribution in [0.3, 0.4) is 0 Å². The second kappa shape index (κ2) is 4.65. The molecule has 0 aromatic heterocycles. The van der Waals surface area contributed by atoms with Crippen molar-refractivity contribution in [1.82, 2.24) is 0 Å². The van der Waals surface area contributed by atoms with E-state index in [1.54, 1.807) is 12.2 Å². The fourth-order valence-electron chi connectivity index (χ4n) is 5.92. The molecule has 0 spiro atoms. The summed E-state index contributed by atoms with van der Waals surface area (Å²) in [5.74, 6) is 1.51. The summed E-state index contributed by atoms with van der Waals surface area (Å²) in [6.45, 7) is 4.29. The third kappa shape index (κ3) is 1.81. The lowest BCUT2D eigenvalue weighted by Gasteiger charge is -2.55. The van der Waals surface area contributed by atoms with E-state index in [2.05, 4.69) is 19.0 Å². The largest absolute Gasteiger partial charge is 0.411 e. The zero-order valence-corrected chi connectivity index (χ0v) is 13.7. The molecular formula is C19H23NO3. The highest BCUT2D eigenvalue weighted by Crippen LogP contribution is 2.62. The van der Waals surface area contributed by atoms with E-state index in [1.807, 2.05) is 6.08 Å². The van der Waals surface area contributed by atoms with E-state index in [0.717, 1.165) is 24.8 Å². The van der Waals surface area contributed by atoms with Crippen LogP contribution >= 0.6 is 0 Å². The zero-order chi connectivity index (χ0) is 16.4. The average molecular weight is 313 g/mol. The summed E-state index contributed by atoms with van der Waals surface area (Å²) in [4.78, 5) is 24.2. The van der Waals surface area contributed by atoms with E-state index in [9.17, 15) is 14.8 Å². The molecule has 3 unspecified atom stereocenters. The second-order valence-electron chi connectivity index (χ2n) is 8.12. The monoisotopic (exact) mass is 313 g/mol. The fraction of sp³-hybridized carbons (Fsp3) is 0.632. The fourth-order valence-corrected chi connectivity index (χ4v) is 5.92. The molecule has 4 rings (SSSR count). The van der Waals surface area contributed by atoms with Crippen LogP contribution in [0.2, 0.25) is 0 Å². The normalized spacial score (nSPS) is 47.1. The van der Waals surface area contributed by atoms with Gasteiger partial charge in [-0.25, -0.2) is 0 Å². The number of rotatable bonds is 0. The predicted octanol–water partition coefficient (Wildman–Crippen LogP) is 3.30. The number of carbonyl (C=O) groups is 2. The number of fused-ring (bicyclic) bond motifs is 5. The topological polar surface area (TPSA) is 66.7 Å². The van der Waals surface area contributed by atoms with Gasteiger partial charge in [-0.05, 0) is 61.2 Å². The Hall–Kier alpha value is -1.71. The number of hydrogen-bond acceptors (Lipinski definition) is 4. The van der Waals surface area contributed by atoms with Crippen LogP contribution in [-0.2, 0) is 9.59 Å². The Kier molecular flexibility index (Phi) is 3.00. The number of hydrogen-bond donors (Lipinski definition) is 1. The van der Waals surface area contributed by atoms with Crippen LogP contribution in [0.15, 0.2) is 29.0 Å². The number of carbonyl (C=O) groups excluding carboxylic acids is 2. The van der Waals surface area contributed by atoms with Gasteiger partial charge in [0.05, 0.1) is 5.71 Å². The first-order valence-corrected chi connectivity index (χ1v) is 8.60.